The second-order valence-corrected chi connectivity index (χ2v) is 10.3. The third-order valence-electron chi connectivity index (χ3n) is 6.84. The van der Waals surface area contributed by atoms with Crippen LogP contribution in [-0.4, -0.2) is 41.7 Å². The third-order valence-corrected chi connectivity index (χ3v) is 6.84. The molecular weight excluding hydrogens is 479 g/mol. The molecule has 0 aliphatic rings. The monoisotopic (exact) mass is 523 g/mol. The molecule has 37 heavy (non-hydrogen) atoms. The molecule has 0 amide bonds. The Labute approximate surface area is 220 Å². The van der Waals surface area contributed by atoms with Crippen LogP contribution in [0.5, 0.6) is 5.75 Å². The molecule has 4 N–H and O–H groups in total. The van der Waals surface area contributed by atoms with Crippen LogP contribution >= 0.6 is 0 Å². The number of halogens is 3. The molecule has 2 aromatic carbocycles. The highest BCUT2D eigenvalue weighted by atomic mass is 19.4. The molecule has 0 heterocycles. The molecule has 2 rings (SSSR count). The molecule has 0 bridgehead atoms. The van der Waals surface area contributed by atoms with Gasteiger partial charge in [-0.05, 0) is 61.8 Å². The SMILES string of the molecule is Cc1ccc(CCOc2ccc(CCC(N)(CO)CO)cc2CCCCCCCCCC(F)(F)F)cc1. The molecule has 2 aromatic rings. The molecule has 7 heteroatoms. The number of ether oxygens (including phenoxy) is 1. The van der Waals surface area contributed by atoms with Crippen molar-refractivity contribution in [1.29, 1.82) is 0 Å². The lowest BCUT2D eigenvalue weighted by Crippen LogP contribution is -2.47. The number of hydrogen-bond donors (Lipinski definition) is 3. The maximum absolute atomic E-state index is 12.2. The van der Waals surface area contributed by atoms with Crippen molar-refractivity contribution in [3.05, 3.63) is 64.7 Å². The fourth-order valence-corrected chi connectivity index (χ4v) is 4.28. The van der Waals surface area contributed by atoms with Crippen molar-refractivity contribution in [3.8, 4) is 5.75 Å². The molecule has 0 atom stereocenters. The van der Waals surface area contributed by atoms with Gasteiger partial charge < -0.3 is 20.7 Å². The molecule has 0 radical (unpaired) electrons. The summed E-state index contributed by atoms with van der Waals surface area (Å²) in [5.41, 5.74) is 9.71. The maximum atomic E-state index is 12.2. The first-order valence-electron chi connectivity index (χ1n) is 13.5. The van der Waals surface area contributed by atoms with Crippen molar-refractivity contribution in [2.24, 2.45) is 5.73 Å². The minimum atomic E-state index is -4.05. The van der Waals surface area contributed by atoms with Gasteiger partial charge in [0, 0.05) is 12.8 Å². The van der Waals surface area contributed by atoms with Crippen LogP contribution in [0.3, 0.4) is 0 Å². The molecule has 0 saturated carbocycles. The summed E-state index contributed by atoms with van der Waals surface area (Å²) in [6, 6.07) is 14.6. The number of rotatable bonds is 18. The lowest BCUT2D eigenvalue weighted by atomic mass is 9.92. The van der Waals surface area contributed by atoms with Crippen LogP contribution in [-0.2, 0) is 19.3 Å². The third kappa shape index (κ3) is 12.8. The number of aliphatic hydroxyl groups is 2. The van der Waals surface area contributed by atoms with Crippen molar-refractivity contribution >= 4 is 0 Å². The summed E-state index contributed by atoms with van der Waals surface area (Å²) in [7, 11) is 0. The zero-order valence-electron chi connectivity index (χ0n) is 22.2. The quantitative estimate of drug-likeness (QED) is 0.196. The highest BCUT2D eigenvalue weighted by Gasteiger charge is 2.25. The predicted octanol–water partition coefficient (Wildman–Crippen LogP) is 6.46. The number of nitrogens with two attached hydrogens (primary N) is 1. The second-order valence-electron chi connectivity index (χ2n) is 10.3. The predicted molar refractivity (Wildman–Crippen MR) is 143 cm³/mol. The topological polar surface area (TPSA) is 75.7 Å². The summed E-state index contributed by atoms with van der Waals surface area (Å²) in [5.74, 6) is 0.867. The fourth-order valence-electron chi connectivity index (χ4n) is 4.28. The summed E-state index contributed by atoms with van der Waals surface area (Å²) < 4.78 is 42.9. The van der Waals surface area contributed by atoms with Crippen LogP contribution in [0.25, 0.3) is 0 Å². The van der Waals surface area contributed by atoms with Gasteiger partial charge in [-0.1, -0.05) is 74.1 Å². The highest BCUT2D eigenvalue weighted by molar-refractivity contribution is 5.38. The van der Waals surface area contributed by atoms with E-state index < -0.39 is 18.1 Å². The lowest BCUT2D eigenvalue weighted by Gasteiger charge is -2.24. The minimum absolute atomic E-state index is 0.218. The Hall–Kier alpha value is -2.09. The molecule has 0 aliphatic heterocycles. The van der Waals surface area contributed by atoms with E-state index in [1.54, 1.807) is 0 Å². The zero-order chi connectivity index (χ0) is 27.2. The van der Waals surface area contributed by atoms with Gasteiger partial charge in [-0.3, -0.25) is 0 Å². The van der Waals surface area contributed by atoms with E-state index in [1.807, 2.05) is 12.1 Å². The molecule has 0 aromatic heterocycles. The first-order chi connectivity index (χ1) is 17.6. The van der Waals surface area contributed by atoms with Crippen LogP contribution in [0.1, 0.15) is 80.0 Å². The van der Waals surface area contributed by atoms with E-state index in [0.29, 0.717) is 25.9 Å². The van der Waals surface area contributed by atoms with Gasteiger partial charge in [0.25, 0.3) is 0 Å². The number of alkyl halides is 3. The van der Waals surface area contributed by atoms with Crippen LogP contribution in [0.2, 0.25) is 0 Å². The first kappa shape index (κ1) is 31.1. The summed E-state index contributed by atoms with van der Waals surface area (Å²) in [4.78, 5) is 0. The zero-order valence-corrected chi connectivity index (χ0v) is 22.2. The Morgan fingerprint density at radius 1 is 0.730 bits per heavy atom. The van der Waals surface area contributed by atoms with Crippen molar-refractivity contribution in [3.63, 3.8) is 0 Å². The smallest absolute Gasteiger partial charge is 0.389 e. The molecule has 4 nitrogen and oxygen atoms in total. The van der Waals surface area contributed by atoms with E-state index in [0.717, 1.165) is 61.8 Å². The fraction of sp³-hybridized carbons (Fsp3) is 0.600. The van der Waals surface area contributed by atoms with Crippen molar-refractivity contribution in [2.75, 3.05) is 19.8 Å². The van der Waals surface area contributed by atoms with Crippen LogP contribution in [0.4, 0.5) is 13.2 Å². The Balaban J connectivity index is 1.87. The van der Waals surface area contributed by atoms with Gasteiger partial charge >= 0.3 is 6.18 Å². The summed E-state index contributed by atoms with van der Waals surface area (Å²) in [5, 5.41) is 19.0. The Morgan fingerprint density at radius 3 is 1.95 bits per heavy atom. The summed E-state index contributed by atoms with van der Waals surface area (Å²) in [6.07, 6.45) is 3.73. The van der Waals surface area contributed by atoms with Crippen molar-refractivity contribution < 1.29 is 28.1 Å². The second kappa shape index (κ2) is 16.0. The average molecular weight is 524 g/mol. The number of hydrogen-bond acceptors (Lipinski definition) is 4. The molecular formula is C30H44F3NO3. The van der Waals surface area contributed by atoms with Crippen LogP contribution < -0.4 is 10.5 Å². The Bertz CT molecular complexity index is 896. The van der Waals surface area contributed by atoms with Gasteiger partial charge in [0.15, 0.2) is 0 Å². The van der Waals surface area contributed by atoms with E-state index in [4.69, 9.17) is 10.5 Å². The van der Waals surface area contributed by atoms with Gasteiger partial charge in [-0.2, -0.15) is 13.2 Å². The first-order valence-corrected chi connectivity index (χ1v) is 13.5. The largest absolute Gasteiger partial charge is 0.493 e. The maximum Gasteiger partial charge on any atom is 0.389 e. The number of aliphatic hydroxyl groups excluding tert-OH is 2. The molecule has 0 aliphatic carbocycles. The van der Waals surface area contributed by atoms with E-state index in [2.05, 4.69) is 37.3 Å². The minimum Gasteiger partial charge on any atom is -0.493 e. The molecule has 208 valence electrons. The summed E-state index contributed by atoms with van der Waals surface area (Å²) in [6.45, 7) is 2.10. The summed E-state index contributed by atoms with van der Waals surface area (Å²) >= 11 is 0. The van der Waals surface area contributed by atoms with Gasteiger partial charge in [-0.15, -0.1) is 0 Å². The van der Waals surface area contributed by atoms with Gasteiger partial charge in [0.05, 0.1) is 25.4 Å². The number of benzene rings is 2. The van der Waals surface area contributed by atoms with Crippen molar-refractivity contribution in [1.82, 2.24) is 0 Å². The lowest BCUT2D eigenvalue weighted by molar-refractivity contribution is -0.135. The standard InChI is InChI=1S/C30H44F3NO3/c1-24-10-12-25(13-11-24)17-20-37-28-15-14-26(16-19-29(34,22-35)23-36)21-27(28)9-7-5-3-2-4-6-8-18-30(31,32)33/h10-15,21,35-36H,2-9,16-20,22-23,34H2,1H3. The van der Waals surface area contributed by atoms with E-state index in [1.165, 1.54) is 11.1 Å². The van der Waals surface area contributed by atoms with Crippen LogP contribution in [0, 0.1) is 6.92 Å². The van der Waals surface area contributed by atoms with E-state index in [-0.39, 0.29) is 19.6 Å². The van der Waals surface area contributed by atoms with E-state index in [9.17, 15) is 23.4 Å². The molecule has 0 spiro atoms. The number of unbranched alkanes of at least 4 members (excludes halogenated alkanes) is 6. The van der Waals surface area contributed by atoms with Crippen molar-refractivity contribution in [2.45, 2.75) is 95.7 Å². The van der Waals surface area contributed by atoms with Gasteiger partial charge in [0.2, 0.25) is 0 Å². The normalized spacial score (nSPS) is 12.2. The average Bonchev–Trinajstić information content (AvgIpc) is 2.87. The van der Waals surface area contributed by atoms with Gasteiger partial charge in [0.1, 0.15) is 5.75 Å². The molecule has 0 saturated heterocycles. The molecule has 0 fully saturated rings. The number of aryl methyl sites for hydroxylation is 3. The van der Waals surface area contributed by atoms with Gasteiger partial charge in [-0.25, -0.2) is 0 Å². The van der Waals surface area contributed by atoms with E-state index >= 15 is 0 Å². The Kier molecular flexibility index (Phi) is 13.5. The highest BCUT2D eigenvalue weighted by Crippen LogP contribution is 2.26. The molecule has 0 unspecified atom stereocenters. The van der Waals surface area contributed by atoms with Crippen LogP contribution in [0.15, 0.2) is 42.5 Å². The Morgan fingerprint density at radius 2 is 1.32 bits per heavy atom.